The molecule has 0 bridgehead atoms. The van der Waals surface area contributed by atoms with Gasteiger partial charge in [0.15, 0.2) is 0 Å². The van der Waals surface area contributed by atoms with Gasteiger partial charge in [0.1, 0.15) is 23.1 Å². The highest BCUT2D eigenvalue weighted by molar-refractivity contribution is 7.18. The number of hydrogen-bond donors (Lipinski definition) is 2. The number of aliphatic hydroxyl groups is 1. The standard InChI is InChI=1S/C23H22ClN3O5S2/c1-27-10-19(21(30)26-9-14-2-4-15(24)5-3-14)20(29)18-8-17(34-22(18)27)13-31-11-16(28)12-32-23-25-6-7-33-23/h2-8,10,16,28H,9,11-13H2,1H3,(H,26,30)/t16-/m1/s1. The van der Waals surface area contributed by atoms with E-state index in [1.807, 2.05) is 12.1 Å². The number of nitrogens with zero attached hydrogens (tertiary/aromatic N) is 2. The molecule has 8 nitrogen and oxygen atoms in total. The molecule has 0 aliphatic carbocycles. The predicted molar refractivity (Wildman–Crippen MR) is 133 cm³/mol. The Morgan fingerprint density at radius 1 is 1.29 bits per heavy atom. The third-order valence-corrected chi connectivity index (χ3v) is 7.00. The summed E-state index contributed by atoms with van der Waals surface area (Å²) in [4.78, 5) is 31.2. The van der Waals surface area contributed by atoms with Crippen LogP contribution >= 0.6 is 34.3 Å². The Bertz CT molecular complexity index is 1320. The lowest BCUT2D eigenvalue weighted by atomic mass is 10.2. The van der Waals surface area contributed by atoms with Crippen molar-refractivity contribution in [3.05, 3.63) is 79.4 Å². The second-order valence-electron chi connectivity index (χ2n) is 7.50. The molecule has 178 valence electrons. The number of amides is 1. The Hall–Kier alpha value is -2.76. The van der Waals surface area contributed by atoms with Crippen LogP contribution in [0.15, 0.2) is 52.9 Å². The topological polar surface area (TPSA) is 103 Å². The number of hydrogen-bond acceptors (Lipinski definition) is 8. The van der Waals surface area contributed by atoms with E-state index in [4.69, 9.17) is 21.1 Å². The summed E-state index contributed by atoms with van der Waals surface area (Å²) in [6, 6.07) is 8.86. The number of carbonyl (C=O) groups excluding carboxylic acids is 1. The van der Waals surface area contributed by atoms with E-state index in [9.17, 15) is 14.7 Å². The van der Waals surface area contributed by atoms with Gasteiger partial charge in [0, 0.05) is 41.3 Å². The van der Waals surface area contributed by atoms with E-state index in [1.54, 1.807) is 47.6 Å². The summed E-state index contributed by atoms with van der Waals surface area (Å²) in [7, 11) is 1.79. The average Bonchev–Trinajstić information content (AvgIpc) is 3.50. The molecule has 0 radical (unpaired) electrons. The zero-order chi connectivity index (χ0) is 24.1. The van der Waals surface area contributed by atoms with Crippen LogP contribution in [0.2, 0.25) is 5.02 Å². The Morgan fingerprint density at radius 2 is 2.09 bits per heavy atom. The van der Waals surface area contributed by atoms with Crippen molar-refractivity contribution in [1.29, 1.82) is 0 Å². The summed E-state index contributed by atoms with van der Waals surface area (Å²) in [5, 5.41) is 16.2. The number of aryl methyl sites for hydroxylation is 1. The fourth-order valence-corrected chi connectivity index (χ4v) is 4.87. The molecule has 0 unspecified atom stereocenters. The van der Waals surface area contributed by atoms with Gasteiger partial charge < -0.3 is 24.5 Å². The number of fused-ring (bicyclic) bond motifs is 1. The quantitative estimate of drug-likeness (QED) is 0.332. The number of thiophene rings is 1. The zero-order valence-corrected chi connectivity index (χ0v) is 20.6. The lowest BCUT2D eigenvalue weighted by molar-refractivity contribution is 0.00623. The summed E-state index contributed by atoms with van der Waals surface area (Å²) in [5.74, 6) is -0.440. The molecule has 34 heavy (non-hydrogen) atoms. The maximum Gasteiger partial charge on any atom is 0.273 e. The van der Waals surface area contributed by atoms with Crippen molar-refractivity contribution >= 4 is 50.4 Å². The van der Waals surface area contributed by atoms with Crippen molar-refractivity contribution in [3.63, 3.8) is 0 Å². The molecule has 3 heterocycles. The minimum absolute atomic E-state index is 0.0731. The molecule has 0 saturated carbocycles. The van der Waals surface area contributed by atoms with E-state index < -0.39 is 12.0 Å². The normalized spacial score (nSPS) is 12.1. The number of carbonyl (C=O) groups is 1. The summed E-state index contributed by atoms with van der Waals surface area (Å²) in [6.45, 7) is 0.669. The van der Waals surface area contributed by atoms with Crippen LogP contribution < -0.4 is 15.5 Å². The molecule has 1 atom stereocenters. The van der Waals surface area contributed by atoms with Gasteiger partial charge in [0.05, 0.1) is 18.6 Å². The first-order valence-electron chi connectivity index (χ1n) is 10.3. The summed E-state index contributed by atoms with van der Waals surface area (Å²) >= 11 is 8.64. The molecular formula is C23H22ClN3O5S2. The largest absolute Gasteiger partial charge is 0.467 e. The molecule has 1 amide bonds. The van der Waals surface area contributed by atoms with Gasteiger partial charge in [0.2, 0.25) is 5.43 Å². The number of aromatic nitrogens is 2. The molecule has 0 saturated heterocycles. The smallest absolute Gasteiger partial charge is 0.273 e. The van der Waals surface area contributed by atoms with Crippen LogP contribution in [0.3, 0.4) is 0 Å². The number of rotatable bonds is 10. The molecule has 0 aliphatic heterocycles. The van der Waals surface area contributed by atoms with Gasteiger partial charge in [-0.15, -0.1) is 11.3 Å². The number of pyridine rings is 1. The first-order valence-corrected chi connectivity index (χ1v) is 12.4. The maximum atomic E-state index is 13.0. The van der Waals surface area contributed by atoms with E-state index in [0.717, 1.165) is 15.3 Å². The highest BCUT2D eigenvalue weighted by Gasteiger charge is 2.17. The Labute approximate surface area is 208 Å². The van der Waals surface area contributed by atoms with Gasteiger partial charge in [-0.2, -0.15) is 0 Å². The molecule has 4 aromatic rings. The van der Waals surface area contributed by atoms with Gasteiger partial charge >= 0.3 is 0 Å². The van der Waals surface area contributed by atoms with Crippen LogP contribution in [0.1, 0.15) is 20.8 Å². The van der Waals surface area contributed by atoms with Gasteiger partial charge in [-0.25, -0.2) is 4.98 Å². The van der Waals surface area contributed by atoms with E-state index in [2.05, 4.69) is 10.3 Å². The van der Waals surface area contributed by atoms with Crippen molar-refractivity contribution in [2.24, 2.45) is 7.05 Å². The molecule has 0 aliphatic rings. The second kappa shape index (κ2) is 11.1. The highest BCUT2D eigenvalue weighted by Crippen LogP contribution is 2.24. The van der Waals surface area contributed by atoms with Crippen LogP contribution in [0, 0.1) is 0 Å². The van der Waals surface area contributed by atoms with Crippen molar-refractivity contribution in [2.45, 2.75) is 19.3 Å². The van der Waals surface area contributed by atoms with Crippen LogP contribution in [-0.2, 0) is 24.9 Å². The Balaban J connectivity index is 1.37. The molecule has 0 fully saturated rings. The molecule has 3 aromatic heterocycles. The summed E-state index contributed by atoms with van der Waals surface area (Å²) in [6.07, 6.45) is 2.37. The number of halogens is 1. The molecule has 1 aromatic carbocycles. The Morgan fingerprint density at radius 3 is 2.82 bits per heavy atom. The van der Waals surface area contributed by atoms with Crippen molar-refractivity contribution in [1.82, 2.24) is 14.9 Å². The van der Waals surface area contributed by atoms with Gasteiger partial charge in [-0.05, 0) is 23.8 Å². The molecule has 2 N–H and O–H groups in total. The fraction of sp³-hybridized carbons (Fsp3) is 0.261. The van der Waals surface area contributed by atoms with Crippen LogP contribution in [-0.4, -0.2) is 39.9 Å². The van der Waals surface area contributed by atoms with E-state index in [0.29, 0.717) is 15.6 Å². The first-order chi connectivity index (χ1) is 16.4. The molecule has 11 heteroatoms. The predicted octanol–water partition coefficient (Wildman–Crippen LogP) is 3.60. The third-order valence-electron chi connectivity index (χ3n) is 4.87. The van der Waals surface area contributed by atoms with Crippen LogP contribution in [0.25, 0.3) is 10.2 Å². The third kappa shape index (κ3) is 6.02. The van der Waals surface area contributed by atoms with Gasteiger partial charge in [-0.1, -0.05) is 35.1 Å². The van der Waals surface area contributed by atoms with Crippen LogP contribution in [0.4, 0.5) is 0 Å². The first kappa shape index (κ1) is 24.4. The van der Waals surface area contributed by atoms with E-state index in [1.165, 1.54) is 22.7 Å². The number of benzene rings is 1. The lowest BCUT2D eigenvalue weighted by Crippen LogP contribution is -2.29. The monoisotopic (exact) mass is 519 g/mol. The molecular weight excluding hydrogens is 498 g/mol. The average molecular weight is 520 g/mol. The van der Waals surface area contributed by atoms with Crippen LogP contribution in [0.5, 0.6) is 5.19 Å². The van der Waals surface area contributed by atoms with E-state index >= 15 is 0 Å². The van der Waals surface area contributed by atoms with E-state index in [-0.39, 0.29) is 37.4 Å². The second-order valence-corrected chi connectivity index (χ2v) is 9.91. The SMILES string of the molecule is Cn1cc(C(=O)NCc2ccc(Cl)cc2)c(=O)c2cc(COC[C@@H](O)COc3nccs3)sc21. The van der Waals surface area contributed by atoms with Crippen molar-refractivity contribution in [3.8, 4) is 5.19 Å². The minimum atomic E-state index is -0.805. The molecule has 4 rings (SSSR count). The van der Waals surface area contributed by atoms with Crippen molar-refractivity contribution < 1.29 is 19.4 Å². The number of aliphatic hydroxyl groups excluding tert-OH is 1. The Kier molecular flexibility index (Phi) is 7.96. The summed E-state index contributed by atoms with van der Waals surface area (Å²) in [5.41, 5.74) is 0.620. The van der Waals surface area contributed by atoms with Crippen molar-refractivity contribution in [2.75, 3.05) is 13.2 Å². The number of thiazole rings is 1. The highest BCUT2D eigenvalue weighted by atomic mass is 35.5. The number of nitrogens with one attached hydrogen (secondary N) is 1. The van der Waals surface area contributed by atoms with Gasteiger partial charge in [-0.3, -0.25) is 9.59 Å². The molecule has 0 spiro atoms. The lowest BCUT2D eigenvalue weighted by Gasteiger charge is -2.10. The number of ether oxygens (including phenoxy) is 2. The maximum absolute atomic E-state index is 13.0. The summed E-state index contributed by atoms with van der Waals surface area (Å²) < 4.78 is 12.7. The zero-order valence-electron chi connectivity index (χ0n) is 18.2. The minimum Gasteiger partial charge on any atom is -0.467 e. The fourth-order valence-electron chi connectivity index (χ4n) is 3.22. The van der Waals surface area contributed by atoms with Gasteiger partial charge in [0.25, 0.3) is 11.1 Å².